The molecule has 3 atom stereocenters. The largest absolute Gasteiger partial charge is 0.364 e. The van der Waals surface area contributed by atoms with Gasteiger partial charge in [-0.05, 0) is 24.7 Å². The van der Waals surface area contributed by atoms with E-state index in [-0.39, 0.29) is 0 Å². The van der Waals surface area contributed by atoms with Crippen LogP contribution in [0.5, 0.6) is 0 Å². The molecule has 3 heteroatoms. The van der Waals surface area contributed by atoms with E-state index in [0.29, 0.717) is 0 Å². The van der Waals surface area contributed by atoms with Gasteiger partial charge in [0, 0.05) is 18.7 Å². The summed E-state index contributed by atoms with van der Waals surface area (Å²) in [5.41, 5.74) is 1.02. The van der Waals surface area contributed by atoms with Gasteiger partial charge < -0.3 is 9.84 Å². The first-order valence-corrected chi connectivity index (χ1v) is 5.56. The Morgan fingerprint density at radius 3 is 3.36 bits per heavy atom. The van der Waals surface area contributed by atoms with Crippen LogP contribution in [0.1, 0.15) is 31.4 Å². The molecule has 0 amide bonds. The topological polar surface area (TPSA) is 38.1 Å². The van der Waals surface area contributed by atoms with Gasteiger partial charge in [-0.25, -0.2) is 0 Å². The second-order valence-corrected chi connectivity index (χ2v) is 4.57. The molecule has 1 aromatic heterocycles. The zero-order valence-electron chi connectivity index (χ0n) is 8.28. The zero-order valence-corrected chi connectivity index (χ0v) is 8.28. The highest BCUT2D eigenvalue weighted by atomic mass is 16.5. The molecule has 0 aromatic carbocycles. The lowest BCUT2D eigenvalue weighted by molar-refractivity contribution is 0.345. The molecule has 14 heavy (non-hydrogen) atoms. The molecule has 0 saturated heterocycles. The summed E-state index contributed by atoms with van der Waals surface area (Å²) >= 11 is 0. The van der Waals surface area contributed by atoms with Crippen molar-refractivity contribution in [1.29, 1.82) is 0 Å². The average molecular weight is 192 g/mol. The second-order valence-electron chi connectivity index (χ2n) is 4.57. The molecule has 2 fully saturated rings. The fourth-order valence-electron chi connectivity index (χ4n) is 2.73. The normalized spacial score (nSPS) is 35.3. The van der Waals surface area contributed by atoms with Gasteiger partial charge in [0.05, 0.1) is 5.69 Å². The predicted octanol–water partition coefficient (Wildman–Crippen LogP) is 1.95. The van der Waals surface area contributed by atoms with Crippen molar-refractivity contribution in [2.75, 3.05) is 0 Å². The van der Waals surface area contributed by atoms with E-state index in [1.807, 2.05) is 6.07 Å². The maximum atomic E-state index is 4.80. The van der Waals surface area contributed by atoms with Crippen LogP contribution in [0.3, 0.4) is 0 Å². The summed E-state index contributed by atoms with van der Waals surface area (Å²) in [4.78, 5) is 0. The lowest BCUT2D eigenvalue weighted by atomic mass is 9.95. The summed E-state index contributed by atoms with van der Waals surface area (Å²) in [7, 11) is 0. The summed E-state index contributed by atoms with van der Waals surface area (Å²) in [6, 6.07) is 2.67. The van der Waals surface area contributed by atoms with Crippen LogP contribution in [0.15, 0.2) is 16.9 Å². The number of hydrogen-bond donors (Lipinski definition) is 1. The van der Waals surface area contributed by atoms with E-state index in [1.165, 1.54) is 25.7 Å². The molecule has 0 bridgehead atoms. The fourth-order valence-corrected chi connectivity index (χ4v) is 2.73. The molecule has 2 saturated carbocycles. The molecule has 0 aliphatic heterocycles. The van der Waals surface area contributed by atoms with Crippen molar-refractivity contribution in [2.24, 2.45) is 11.8 Å². The number of nitrogens with one attached hydrogen (secondary N) is 1. The molecule has 2 aliphatic rings. The summed E-state index contributed by atoms with van der Waals surface area (Å²) in [6.07, 6.45) is 7.30. The van der Waals surface area contributed by atoms with E-state index in [1.54, 1.807) is 6.26 Å². The Hall–Kier alpha value is -0.830. The highest BCUT2D eigenvalue weighted by molar-refractivity contribution is 5.00. The van der Waals surface area contributed by atoms with Crippen molar-refractivity contribution >= 4 is 0 Å². The molecular weight excluding hydrogens is 176 g/mol. The Kier molecular flexibility index (Phi) is 2.05. The molecule has 1 N–H and O–H groups in total. The van der Waals surface area contributed by atoms with Crippen molar-refractivity contribution in [1.82, 2.24) is 10.5 Å². The summed E-state index contributed by atoms with van der Waals surface area (Å²) in [5.74, 6) is 2.01. The molecule has 3 rings (SSSR count). The van der Waals surface area contributed by atoms with Crippen molar-refractivity contribution in [3.05, 3.63) is 18.0 Å². The third-order valence-electron chi connectivity index (χ3n) is 3.62. The van der Waals surface area contributed by atoms with E-state index in [4.69, 9.17) is 4.52 Å². The molecule has 1 heterocycles. The predicted molar refractivity (Wildman–Crippen MR) is 52.6 cm³/mol. The summed E-state index contributed by atoms with van der Waals surface area (Å²) in [5, 5.41) is 7.49. The highest BCUT2D eigenvalue weighted by Gasteiger charge is 2.44. The van der Waals surface area contributed by atoms with E-state index < -0.39 is 0 Å². The van der Waals surface area contributed by atoms with Crippen LogP contribution in [0.4, 0.5) is 0 Å². The standard InChI is InChI=1S/C11H16N2O/c1-2-8-6-10(8)11(3-1)12-7-9-4-5-14-13-9/h4-5,8,10-12H,1-3,6-7H2. The molecule has 3 nitrogen and oxygen atoms in total. The van der Waals surface area contributed by atoms with Gasteiger partial charge in [-0.1, -0.05) is 18.0 Å². The third kappa shape index (κ3) is 1.57. The van der Waals surface area contributed by atoms with Gasteiger partial charge >= 0.3 is 0 Å². The first kappa shape index (κ1) is 8.48. The maximum Gasteiger partial charge on any atom is 0.124 e. The lowest BCUT2D eigenvalue weighted by Crippen LogP contribution is -2.33. The minimum absolute atomic E-state index is 0.741. The number of fused-ring (bicyclic) bond motifs is 1. The minimum atomic E-state index is 0.741. The molecule has 2 aliphatic carbocycles. The van der Waals surface area contributed by atoms with E-state index in [0.717, 1.165) is 30.1 Å². The Bertz CT molecular complexity index is 296. The smallest absolute Gasteiger partial charge is 0.124 e. The van der Waals surface area contributed by atoms with Crippen LogP contribution >= 0.6 is 0 Å². The maximum absolute atomic E-state index is 4.80. The monoisotopic (exact) mass is 192 g/mol. The summed E-state index contributed by atoms with van der Waals surface area (Å²) < 4.78 is 4.80. The van der Waals surface area contributed by atoms with Gasteiger partial charge in [-0.15, -0.1) is 0 Å². The highest BCUT2D eigenvalue weighted by Crippen LogP contribution is 2.49. The molecule has 76 valence electrons. The Morgan fingerprint density at radius 1 is 1.50 bits per heavy atom. The van der Waals surface area contributed by atoms with Crippen molar-refractivity contribution < 1.29 is 4.52 Å². The van der Waals surface area contributed by atoms with E-state index in [9.17, 15) is 0 Å². The zero-order chi connectivity index (χ0) is 9.38. The molecule has 3 unspecified atom stereocenters. The van der Waals surface area contributed by atoms with Crippen LogP contribution < -0.4 is 5.32 Å². The van der Waals surface area contributed by atoms with Gasteiger partial charge in [0.25, 0.3) is 0 Å². The van der Waals surface area contributed by atoms with Crippen LogP contribution in [-0.4, -0.2) is 11.2 Å². The molecular formula is C11H16N2O. The van der Waals surface area contributed by atoms with E-state index in [2.05, 4.69) is 10.5 Å². The van der Waals surface area contributed by atoms with Gasteiger partial charge in [0.1, 0.15) is 6.26 Å². The van der Waals surface area contributed by atoms with Crippen LogP contribution in [-0.2, 0) is 6.54 Å². The average Bonchev–Trinajstić information content (AvgIpc) is 2.83. The van der Waals surface area contributed by atoms with Crippen molar-refractivity contribution in [2.45, 2.75) is 38.3 Å². The third-order valence-corrected chi connectivity index (χ3v) is 3.62. The number of rotatable bonds is 3. The Morgan fingerprint density at radius 2 is 2.50 bits per heavy atom. The number of hydrogen-bond acceptors (Lipinski definition) is 3. The number of nitrogens with zero attached hydrogens (tertiary/aromatic N) is 1. The van der Waals surface area contributed by atoms with Gasteiger partial charge in [-0.3, -0.25) is 0 Å². The van der Waals surface area contributed by atoms with Crippen LogP contribution in [0, 0.1) is 11.8 Å². The molecule has 1 aromatic rings. The van der Waals surface area contributed by atoms with Crippen LogP contribution in [0.2, 0.25) is 0 Å². The molecule has 0 radical (unpaired) electrons. The first-order chi connectivity index (χ1) is 6.93. The quantitative estimate of drug-likeness (QED) is 0.795. The van der Waals surface area contributed by atoms with Gasteiger partial charge in [0.15, 0.2) is 0 Å². The second kappa shape index (κ2) is 3.39. The van der Waals surface area contributed by atoms with Crippen LogP contribution in [0.25, 0.3) is 0 Å². The Balaban J connectivity index is 1.52. The SMILES string of the molecule is c1cc(CNC2CCCC3CC32)no1. The Labute approximate surface area is 83.9 Å². The van der Waals surface area contributed by atoms with Crippen molar-refractivity contribution in [3.8, 4) is 0 Å². The molecule has 0 spiro atoms. The van der Waals surface area contributed by atoms with E-state index >= 15 is 0 Å². The fraction of sp³-hybridized carbons (Fsp3) is 0.727. The van der Waals surface area contributed by atoms with Gasteiger partial charge in [0.2, 0.25) is 0 Å². The first-order valence-electron chi connectivity index (χ1n) is 5.56. The van der Waals surface area contributed by atoms with Crippen molar-refractivity contribution in [3.63, 3.8) is 0 Å². The summed E-state index contributed by atoms with van der Waals surface area (Å²) in [6.45, 7) is 0.865. The lowest BCUT2D eigenvalue weighted by Gasteiger charge is -2.22. The minimum Gasteiger partial charge on any atom is -0.364 e. The van der Waals surface area contributed by atoms with Gasteiger partial charge in [-0.2, -0.15) is 0 Å². The number of aromatic nitrogens is 1.